The first kappa shape index (κ1) is 11.5. The van der Waals surface area contributed by atoms with E-state index < -0.39 is 11.1 Å². The zero-order valence-electron chi connectivity index (χ0n) is 4.93. The summed E-state index contributed by atoms with van der Waals surface area (Å²) >= 11 is -1.99. The van der Waals surface area contributed by atoms with Gasteiger partial charge in [-0.2, -0.15) is 0 Å². The van der Waals surface area contributed by atoms with Crippen molar-refractivity contribution >= 4 is 11.1 Å². The molecular weight excluding hydrogens is 135 g/mol. The summed E-state index contributed by atoms with van der Waals surface area (Å²) < 4.78 is 19.3. The maximum Gasteiger partial charge on any atom is 1.00 e. The SMILES string of the molecule is CC#CCS(=O)[O-].[Na+]. The minimum atomic E-state index is -1.99. The second-order valence-corrected chi connectivity index (χ2v) is 1.77. The van der Waals surface area contributed by atoms with E-state index in [2.05, 4.69) is 11.8 Å². The van der Waals surface area contributed by atoms with Crippen LogP contribution in [0.25, 0.3) is 0 Å². The third-order valence-corrected chi connectivity index (χ3v) is 0.747. The van der Waals surface area contributed by atoms with Crippen LogP contribution in [0.5, 0.6) is 0 Å². The molecule has 2 nitrogen and oxygen atoms in total. The Hall–Kier alpha value is 0.670. The molecule has 0 radical (unpaired) electrons. The summed E-state index contributed by atoms with van der Waals surface area (Å²) in [5.41, 5.74) is 0. The van der Waals surface area contributed by atoms with Crippen molar-refractivity contribution in [1.29, 1.82) is 0 Å². The van der Waals surface area contributed by atoms with Crippen LogP contribution in [0.3, 0.4) is 0 Å². The second kappa shape index (κ2) is 7.67. The fourth-order valence-corrected chi connectivity index (χ4v) is 0.393. The van der Waals surface area contributed by atoms with Crippen molar-refractivity contribution in [2.24, 2.45) is 0 Å². The topological polar surface area (TPSA) is 40.1 Å². The molecule has 0 N–H and O–H groups in total. The van der Waals surface area contributed by atoms with E-state index >= 15 is 0 Å². The summed E-state index contributed by atoms with van der Waals surface area (Å²) in [4.78, 5) is 0. The van der Waals surface area contributed by atoms with Crippen LogP contribution < -0.4 is 29.6 Å². The summed E-state index contributed by atoms with van der Waals surface area (Å²) in [7, 11) is 0. The molecule has 0 fully saturated rings. The molecule has 0 aromatic heterocycles. The molecule has 0 bridgehead atoms. The van der Waals surface area contributed by atoms with Gasteiger partial charge >= 0.3 is 29.6 Å². The maximum atomic E-state index is 9.66. The molecule has 0 rings (SSSR count). The summed E-state index contributed by atoms with van der Waals surface area (Å²) in [6.45, 7) is 1.60. The Kier molecular flexibility index (Phi) is 11.0. The van der Waals surface area contributed by atoms with Gasteiger partial charge in [0.05, 0.1) is 5.75 Å². The van der Waals surface area contributed by atoms with Gasteiger partial charge < -0.3 is 4.55 Å². The fraction of sp³-hybridized carbons (Fsp3) is 0.500. The van der Waals surface area contributed by atoms with Crippen LogP contribution in [-0.4, -0.2) is 14.5 Å². The van der Waals surface area contributed by atoms with E-state index in [-0.39, 0.29) is 35.3 Å². The van der Waals surface area contributed by atoms with Crippen molar-refractivity contribution in [3.05, 3.63) is 0 Å². The Morgan fingerprint density at radius 3 is 2.38 bits per heavy atom. The molecular formula is C4H5NaO2S. The Bertz CT molecular complexity index is 124. The molecule has 0 aromatic carbocycles. The summed E-state index contributed by atoms with van der Waals surface area (Å²) in [6, 6.07) is 0. The maximum absolute atomic E-state index is 9.66. The van der Waals surface area contributed by atoms with Crippen LogP contribution in [0, 0.1) is 11.8 Å². The molecule has 40 valence electrons. The largest absolute Gasteiger partial charge is 1.00 e. The van der Waals surface area contributed by atoms with Gasteiger partial charge in [0, 0.05) is 0 Å². The third kappa shape index (κ3) is 9.83. The van der Waals surface area contributed by atoms with Crippen molar-refractivity contribution in [1.82, 2.24) is 0 Å². The van der Waals surface area contributed by atoms with Gasteiger partial charge in [-0.05, 0) is 18.0 Å². The van der Waals surface area contributed by atoms with E-state index in [1.807, 2.05) is 0 Å². The van der Waals surface area contributed by atoms with E-state index in [9.17, 15) is 8.76 Å². The molecule has 4 heteroatoms. The molecule has 0 aliphatic rings. The quantitative estimate of drug-likeness (QED) is 0.220. The average molecular weight is 140 g/mol. The van der Waals surface area contributed by atoms with Gasteiger partial charge in [0.1, 0.15) is 0 Å². The predicted molar refractivity (Wildman–Crippen MR) is 27.2 cm³/mol. The van der Waals surface area contributed by atoms with E-state index in [0.717, 1.165) is 0 Å². The Labute approximate surface area is 73.6 Å². The fourth-order valence-electron chi connectivity index (χ4n) is 0.131. The van der Waals surface area contributed by atoms with Crippen molar-refractivity contribution in [2.75, 3.05) is 5.75 Å². The first-order valence-corrected chi connectivity index (χ1v) is 2.97. The van der Waals surface area contributed by atoms with Crippen molar-refractivity contribution in [3.8, 4) is 11.8 Å². The van der Waals surface area contributed by atoms with Crippen LogP contribution in [0.15, 0.2) is 0 Å². The molecule has 0 aliphatic heterocycles. The van der Waals surface area contributed by atoms with Gasteiger partial charge in [-0.1, -0.05) is 5.92 Å². The minimum Gasteiger partial charge on any atom is -0.772 e. The van der Waals surface area contributed by atoms with Gasteiger partial charge in [-0.25, -0.2) is 0 Å². The molecule has 1 unspecified atom stereocenters. The first-order chi connectivity index (χ1) is 3.27. The molecule has 0 aromatic rings. The van der Waals surface area contributed by atoms with Gasteiger partial charge in [-0.3, -0.25) is 4.21 Å². The molecule has 0 saturated carbocycles. The Morgan fingerprint density at radius 1 is 1.75 bits per heavy atom. The van der Waals surface area contributed by atoms with E-state index in [1.165, 1.54) is 0 Å². The zero-order chi connectivity index (χ0) is 5.70. The molecule has 8 heavy (non-hydrogen) atoms. The number of hydrogen-bond donors (Lipinski definition) is 0. The summed E-state index contributed by atoms with van der Waals surface area (Å²) in [5, 5.41) is 0. The third-order valence-electron chi connectivity index (χ3n) is 0.367. The van der Waals surface area contributed by atoms with Crippen molar-refractivity contribution < 1.29 is 38.3 Å². The summed E-state index contributed by atoms with van der Waals surface area (Å²) in [6.07, 6.45) is 0. The molecule has 0 spiro atoms. The van der Waals surface area contributed by atoms with Gasteiger partial charge in [-0.15, -0.1) is 5.92 Å². The minimum absolute atomic E-state index is 0. The molecule has 0 amide bonds. The van der Waals surface area contributed by atoms with Gasteiger partial charge in [0.15, 0.2) is 0 Å². The van der Waals surface area contributed by atoms with Crippen LogP contribution in [0.1, 0.15) is 6.92 Å². The van der Waals surface area contributed by atoms with Crippen LogP contribution in [-0.2, 0) is 11.1 Å². The van der Waals surface area contributed by atoms with Crippen LogP contribution >= 0.6 is 0 Å². The van der Waals surface area contributed by atoms with Gasteiger partial charge in [0.2, 0.25) is 0 Å². The summed E-state index contributed by atoms with van der Waals surface area (Å²) in [5.74, 6) is 4.80. The smallest absolute Gasteiger partial charge is 0.772 e. The Balaban J connectivity index is 0. The Morgan fingerprint density at radius 2 is 2.25 bits per heavy atom. The molecule has 0 heterocycles. The monoisotopic (exact) mass is 140 g/mol. The standard InChI is InChI=1S/C4H6O2S.Na/c1-2-3-4-7(5)6;/h4H2,1H3,(H,5,6);/q;+1/p-1. The predicted octanol–water partition coefficient (Wildman–Crippen LogP) is -3.11. The number of rotatable bonds is 1. The van der Waals surface area contributed by atoms with Crippen LogP contribution in [0.2, 0.25) is 0 Å². The number of hydrogen-bond acceptors (Lipinski definition) is 2. The van der Waals surface area contributed by atoms with E-state index in [4.69, 9.17) is 0 Å². The van der Waals surface area contributed by atoms with Crippen molar-refractivity contribution in [3.63, 3.8) is 0 Å². The normalized spacial score (nSPS) is 10.2. The molecule has 0 saturated heterocycles. The first-order valence-electron chi connectivity index (χ1n) is 1.73. The average Bonchev–Trinajstić information content (AvgIpc) is 1.61. The molecule has 0 aliphatic carbocycles. The van der Waals surface area contributed by atoms with Crippen LogP contribution in [0.4, 0.5) is 0 Å². The van der Waals surface area contributed by atoms with Crippen molar-refractivity contribution in [2.45, 2.75) is 6.92 Å². The van der Waals surface area contributed by atoms with E-state index in [1.54, 1.807) is 6.92 Å². The zero-order valence-corrected chi connectivity index (χ0v) is 7.75. The van der Waals surface area contributed by atoms with Gasteiger partial charge in [0.25, 0.3) is 0 Å². The van der Waals surface area contributed by atoms with E-state index in [0.29, 0.717) is 0 Å². The molecule has 1 atom stereocenters. The second-order valence-electron chi connectivity index (χ2n) is 0.875.